The number of hydrogen-bond donors (Lipinski definition) is 1. The van der Waals surface area contributed by atoms with Crippen molar-refractivity contribution in [2.24, 2.45) is 0 Å². The maximum atomic E-state index is 12.5. The molecule has 1 aliphatic heterocycles. The highest BCUT2D eigenvalue weighted by atomic mass is 16.5. The molecule has 1 fully saturated rings. The van der Waals surface area contributed by atoms with E-state index in [1.165, 1.54) is 5.69 Å². The number of ether oxygens (including phenoxy) is 1. The predicted octanol–water partition coefficient (Wildman–Crippen LogP) is 2.77. The van der Waals surface area contributed by atoms with Gasteiger partial charge in [0.25, 0.3) is 5.91 Å². The van der Waals surface area contributed by atoms with Crippen LogP contribution < -0.4 is 10.2 Å². The van der Waals surface area contributed by atoms with Gasteiger partial charge in [0, 0.05) is 31.9 Å². The summed E-state index contributed by atoms with van der Waals surface area (Å²) in [7, 11) is 1.57. The molecule has 23 heavy (non-hydrogen) atoms. The normalized spacial score (nSPS) is 18.7. The number of hydrogen-bond acceptors (Lipinski definition) is 3. The molecule has 0 bridgehead atoms. The molecule has 0 spiro atoms. The molecule has 2 aromatic carbocycles. The van der Waals surface area contributed by atoms with E-state index < -0.39 is 6.10 Å². The molecule has 0 aliphatic carbocycles. The summed E-state index contributed by atoms with van der Waals surface area (Å²) in [6.07, 6.45) is 0.397. The molecule has 3 rings (SSSR count). The van der Waals surface area contributed by atoms with E-state index in [4.69, 9.17) is 4.74 Å². The van der Waals surface area contributed by atoms with E-state index in [2.05, 4.69) is 22.3 Å². The van der Waals surface area contributed by atoms with Crippen molar-refractivity contribution in [1.82, 2.24) is 5.32 Å². The summed E-state index contributed by atoms with van der Waals surface area (Å²) in [5.41, 5.74) is 2.08. The van der Waals surface area contributed by atoms with E-state index in [9.17, 15) is 4.79 Å². The third-order valence-corrected chi connectivity index (χ3v) is 4.23. The highest BCUT2D eigenvalue weighted by Gasteiger charge is 2.27. The highest BCUT2D eigenvalue weighted by molar-refractivity contribution is 5.82. The molecule has 4 nitrogen and oxygen atoms in total. The van der Waals surface area contributed by atoms with Crippen molar-refractivity contribution in [2.75, 3.05) is 25.1 Å². The number of nitrogens with zero attached hydrogens (tertiary/aromatic N) is 1. The van der Waals surface area contributed by atoms with Crippen LogP contribution in [0.3, 0.4) is 0 Å². The third-order valence-electron chi connectivity index (χ3n) is 4.23. The Kier molecular flexibility index (Phi) is 4.93. The number of amides is 1. The molecule has 2 aromatic rings. The number of anilines is 1. The van der Waals surface area contributed by atoms with E-state index in [1.807, 2.05) is 48.5 Å². The van der Waals surface area contributed by atoms with Gasteiger partial charge in [-0.25, -0.2) is 0 Å². The van der Waals surface area contributed by atoms with Crippen LogP contribution in [0.1, 0.15) is 18.1 Å². The van der Waals surface area contributed by atoms with Crippen LogP contribution in [0.4, 0.5) is 5.69 Å². The van der Waals surface area contributed by atoms with Gasteiger partial charge in [-0.2, -0.15) is 0 Å². The summed E-state index contributed by atoms with van der Waals surface area (Å²) in [5, 5.41) is 3.12. The van der Waals surface area contributed by atoms with Gasteiger partial charge in [-0.1, -0.05) is 48.5 Å². The van der Waals surface area contributed by atoms with E-state index in [0.29, 0.717) is 0 Å². The number of nitrogens with one attached hydrogen (secondary N) is 1. The molecule has 4 heteroatoms. The quantitative estimate of drug-likeness (QED) is 0.923. The Bertz CT molecular complexity index is 630. The van der Waals surface area contributed by atoms with Gasteiger partial charge in [-0.15, -0.1) is 0 Å². The molecule has 1 N–H and O–H groups in total. The van der Waals surface area contributed by atoms with Crippen LogP contribution in [0, 0.1) is 0 Å². The molecule has 1 saturated heterocycles. The fourth-order valence-electron chi connectivity index (χ4n) is 3.05. The Balaban J connectivity index is 1.60. The Labute approximate surface area is 137 Å². The van der Waals surface area contributed by atoms with Gasteiger partial charge in [-0.3, -0.25) is 4.79 Å². The first-order chi connectivity index (χ1) is 11.3. The van der Waals surface area contributed by atoms with E-state index in [-0.39, 0.29) is 11.9 Å². The molecule has 0 unspecified atom stereocenters. The summed E-state index contributed by atoms with van der Waals surface area (Å²) in [6, 6.07) is 20.1. The first-order valence-electron chi connectivity index (χ1n) is 7.96. The molecule has 120 valence electrons. The van der Waals surface area contributed by atoms with Crippen molar-refractivity contribution in [3.05, 3.63) is 66.2 Å². The van der Waals surface area contributed by atoms with E-state index >= 15 is 0 Å². The molecular weight excluding hydrogens is 288 g/mol. The lowest BCUT2D eigenvalue weighted by molar-refractivity contribution is -0.132. The van der Waals surface area contributed by atoms with Crippen molar-refractivity contribution in [3.8, 4) is 0 Å². The number of para-hydroxylation sites is 1. The lowest BCUT2D eigenvalue weighted by Gasteiger charge is -2.21. The number of benzene rings is 2. The smallest absolute Gasteiger partial charge is 0.254 e. The molecule has 0 saturated carbocycles. The molecule has 0 radical (unpaired) electrons. The fraction of sp³-hybridized carbons (Fsp3) is 0.316. The van der Waals surface area contributed by atoms with Crippen LogP contribution in [0.25, 0.3) is 0 Å². The standard InChI is InChI=1S/C19H22N2O2/c1-23-18(15-8-4-2-5-9-15)19(22)20-16-12-13-21(14-16)17-10-6-3-7-11-17/h2-11,16,18H,12-14H2,1H3,(H,20,22)/t16-,18+/m0/s1. The van der Waals surface area contributed by atoms with Crippen molar-refractivity contribution in [3.63, 3.8) is 0 Å². The summed E-state index contributed by atoms with van der Waals surface area (Å²) in [5.74, 6) is -0.0707. The number of rotatable bonds is 5. The lowest BCUT2D eigenvalue weighted by Crippen LogP contribution is -2.40. The summed E-state index contributed by atoms with van der Waals surface area (Å²) in [6.45, 7) is 1.79. The Hall–Kier alpha value is -2.33. The summed E-state index contributed by atoms with van der Waals surface area (Å²) < 4.78 is 5.39. The van der Waals surface area contributed by atoms with Crippen molar-refractivity contribution in [1.29, 1.82) is 0 Å². The van der Waals surface area contributed by atoms with Crippen LogP contribution in [-0.2, 0) is 9.53 Å². The largest absolute Gasteiger partial charge is 0.369 e. The molecule has 1 aliphatic rings. The van der Waals surface area contributed by atoms with Crippen LogP contribution >= 0.6 is 0 Å². The minimum Gasteiger partial charge on any atom is -0.369 e. The maximum absolute atomic E-state index is 12.5. The Morgan fingerprint density at radius 1 is 1.13 bits per heavy atom. The zero-order valence-electron chi connectivity index (χ0n) is 13.3. The van der Waals surface area contributed by atoms with Gasteiger partial charge in [0.1, 0.15) is 0 Å². The van der Waals surface area contributed by atoms with E-state index in [1.54, 1.807) is 7.11 Å². The molecular formula is C19H22N2O2. The third kappa shape index (κ3) is 3.71. The maximum Gasteiger partial charge on any atom is 0.254 e. The summed E-state index contributed by atoms with van der Waals surface area (Å²) >= 11 is 0. The topological polar surface area (TPSA) is 41.6 Å². The zero-order valence-corrected chi connectivity index (χ0v) is 13.3. The Morgan fingerprint density at radius 3 is 2.43 bits per heavy atom. The second-order valence-corrected chi connectivity index (χ2v) is 5.80. The molecule has 1 heterocycles. The number of carbonyl (C=O) groups excluding carboxylic acids is 1. The Morgan fingerprint density at radius 2 is 1.78 bits per heavy atom. The second-order valence-electron chi connectivity index (χ2n) is 5.80. The number of methoxy groups -OCH3 is 1. The zero-order chi connectivity index (χ0) is 16.1. The average Bonchev–Trinajstić information content (AvgIpc) is 3.06. The van der Waals surface area contributed by atoms with Crippen LogP contribution in [-0.4, -0.2) is 32.1 Å². The van der Waals surface area contributed by atoms with Crippen molar-refractivity contribution in [2.45, 2.75) is 18.6 Å². The van der Waals surface area contributed by atoms with Gasteiger partial charge in [0.05, 0.1) is 0 Å². The first-order valence-corrected chi connectivity index (χ1v) is 7.96. The van der Waals surface area contributed by atoms with Gasteiger partial charge in [0.15, 0.2) is 6.10 Å². The minimum absolute atomic E-state index is 0.0707. The van der Waals surface area contributed by atoms with Crippen molar-refractivity contribution < 1.29 is 9.53 Å². The van der Waals surface area contributed by atoms with E-state index in [0.717, 1.165) is 25.1 Å². The van der Waals surface area contributed by atoms with Crippen molar-refractivity contribution >= 4 is 11.6 Å². The fourth-order valence-corrected chi connectivity index (χ4v) is 3.05. The van der Waals surface area contributed by atoms with Gasteiger partial charge in [0.2, 0.25) is 0 Å². The second kappa shape index (κ2) is 7.29. The number of carbonyl (C=O) groups is 1. The predicted molar refractivity (Wildman–Crippen MR) is 91.4 cm³/mol. The van der Waals surface area contributed by atoms with Crippen LogP contribution in [0.5, 0.6) is 0 Å². The molecule has 1 amide bonds. The van der Waals surface area contributed by atoms with Crippen LogP contribution in [0.2, 0.25) is 0 Å². The van der Waals surface area contributed by atoms with Gasteiger partial charge >= 0.3 is 0 Å². The lowest BCUT2D eigenvalue weighted by atomic mass is 10.1. The minimum atomic E-state index is -0.554. The first kappa shape index (κ1) is 15.6. The average molecular weight is 310 g/mol. The molecule has 2 atom stereocenters. The highest BCUT2D eigenvalue weighted by Crippen LogP contribution is 2.21. The SMILES string of the molecule is CO[C@@H](C(=O)N[C@H]1CCN(c2ccccc2)C1)c1ccccc1. The van der Waals surface area contributed by atoms with Gasteiger partial charge < -0.3 is 15.0 Å². The van der Waals surface area contributed by atoms with Crippen LogP contribution in [0.15, 0.2) is 60.7 Å². The van der Waals surface area contributed by atoms with Gasteiger partial charge in [-0.05, 0) is 24.1 Å². The monoisotopic (exact) mass is 310 g/mol. The molecule has 0 aromatic heterocycles. The summed E-state index contributed by atoms with van der Waals surface area (Å²) in [4.78, 5) is 14.8.